The van der Waals surface area contributed by atoms with E-state index in [0.717, 1.165) is 23.1 Å². The van der Waals surface area contributed by atoms with E-state index in [0.29, 0.717) is 11.1 Å². The fraction of sp³-hybridized carbons (Fsp3) is 0.455. The van der Waals surface area contributed by atoms with Crippen LogP contribution in [0.1, 0.15) is 19.5 Å². The van der Waals surface area contributed by atoms with Crippen LogP contribution < -0.4 is 0 Å². The highest BCUT2D eigenvalue weighted by Crippen LogP contribution is 2.21. The average molecular weight is 224 g/mol. The summed E-state index contributed by atoms with van der Waals surface area (Å²) in [6, 6.07) is 1.85. The Balaban J connectivity index is 2.61. The predicted octanol–water partition coefficient (Wildman–Crippen LogP) is 2.82. The fourth-order valence-corrected chi connectivity index (χ4v) is 1.89. The SMILES string of the molecule is CC(C)Cc1nc(Cl)cc2c1ncn2C. The molecule has 3 nitrogen and oxygen atoms in total. The van der Waals surface area contributed by atoms with E-state index in [1.807, 2.05) is 17.7 Å². The van der Waals surface area contributed by atoms with E-state index < -0.39 is 0 Å². The van der Waals surface area contributed by atoms with Crippen LogP contribution in [0.2, 0.25) is 5.15 Å². The number of aryl methyl sites for hydroxylation is 1. The van der Waals surface area contributed by atoms with Crippen LogP contribution in [-0.4, -0.2) is 14.5 Å². The van der Waals surface area contributed by atoms with Crippen LogP contribution >= 0.6 is 11.6 Å². The van der Waals surface area contributed by atoms with Crippen LogP contribution in [-0.2, 0) is 13.5 Å². The maximum Gasteiger partial charge on any atom is 0.131 e. The molecule has 0 spiro atoms. The van der Waals surface area contributed by atoms with E-state index in [1.54, 1.807) is 6.33 Å². The van der Waals surface area contributed by atoms with Crippen molar-refractivity contribution in [3.05, 3.63) is 23.2 Å². The van der Waals surface area contributed by atoms with Crippen molar-refractivity contribution < 1.29 is 0 Å². The topological polar surface area (TPSA) is 30.7 Å². The molecule has 0 bridgehead atoms. The lowest BCUT2D eigenvalue weighted by Gasteiger charge is -2.05. The number of nitrogens with zero attached hydrogens (tertiary/aromatic N) is 3. The molecule has 0 N–H and O–H groups in total. The fourth-order valence-electron chi connectivity index (χ4n) is 1.69. The molecule has 80 valence electrons. The highest BCUT2D eigenvalue weighted by molar-refractivity contribution is 6.30. The van der Waals surface area contributed by atoms with Gasteiger partial charge in [0, 0.05) is 13.1 Å². The Bertz CT molecular complexity index is 488. The Morgan fingerprint density at radius 1 is 1.47 bits per heavy atom. The molecule has 0 atom stereocenters. The summed E-state index contributed by atoms with van der Waals surface area (Å²) in [5.41, 5.74) is 3.01. The number of hydrogen-bond acceptors (Lipinski definition) is 2. The molecule has 0 radical (unpaired) electrons. The van der Waals surface area contributed by atoms with Gasteiger partial charge in [-0.15, -0.1) is 0 Å². The minimum atomic E-state index is 0.543. The van der Waals surface area contributed by atoms with Crippen molar-refractivity contribution in [1.82, 2.24) is 14.5 Å². The molecule has 0 aliphatic rings. The highest BCUT2D eigenvalue weighted by Gasteiger charge is 2.10. The first-order valence-electron chi connectivity index (χ1n) is 5.04. The Morgan fingerprint density at radius 3 is 2.87 bits per heavy atom. The predicted molar refractivity (Wildman–Crippen MR) is 62.1 cm³/mol. The van der Waals surface area contributed by atoms with E-state index in [1.165, 1.54) is 0 Å². The van der Waals surface area contributed by atoms with Gasteiger partial charge >= 0.3 is 0 Å². The van der Waals surface area contributed by atoms with Gasteiger partial charge in [-0.3, -0.25) is 0 Å². The van der Waals surface area contributed by atoms with Gasteiger partial charge in [0.25, 0.3) is 0 Å². The Labute approximate surface area is 94.1 Å². The number of pyridine rings is 1. The molecule has 0 aromatic carbocycles. The van der Waals surface area contributed by atoms with Gasteiger partial charge in [-0.2, -0.15) is 0 Å². The Kier molecular flexibility index (Phi) is 2.65. The van der Waals surface area contributed by atoms with Crippen molar-refractivity contribution >= 4 is 22.6 Å². The van der Waals surface area contributed by atoms with Crippen LogP contribution in [0.25, 0.3) is 11.0 Å². The largest absolute Gasteiger partial charge is 0.334 e. The maximum atomic E-state index is 5.98. The molecule has 0 aliphatic carbocycles. The van der Waals surface area contributed by atoms with Gasteiger partial charge in [-0.25, -0.2) is 9.97 Å². The van der Waals surface area contributed by atoms with Crippen LogP contribution in [0.15, 0.2) is 12.4 Å². The van der Waals surface area contributed by atoms with E-state index in [-0.39, 0.29) is 0 Å². The lowest BCUT2D eigenvalue weighted by Crippen LogP contribution is -1.99. The molecule has 2 aromatic heterocycles. The molecule has 2 heterocycles. The lowest BCUT2D eigenvalue weighted by molar-refractivity contribution is 0.638. The number of aromatic nitrogens is 3. The number of halogens is 1. The first-order valence-corrected chi connectivity index (χ1v) is 5.42. The highest BCUT2D eigenvalue weighted by atomic mass is 35.5. The van der Waals surface area contributed by atoms with E-state index in [9.17, 15) is 0 Å². The zero-order valence-electron chi connectivity index (χ0n) is 9.16. The molecule has 0 fully saturated rings. The Morgan fingerprint density at radius 2 is 2.20 bits per heavy atom. The summed E-state index contributed by atoms with van der Waals surface area (Å²) in [6.07, 6.45) is 2.71. The zero-order chi connectivity index (χ0) is 11.0. The average Bonchev–Trinajstić information content (AvgIpc) is 2.47. The van der Waals surface area contributed by atoms with E-state index in [4.69, 9.17) is 11.6 Å². The van der Waals surface area contributed by atoms with Crippen molar-refractivity contribution in [3.8, 4) is 0 Å². The summed E-state index contributed by atoms with van der Waals surface area (Å²) in [5, 5.41) is 0.543. The molecule has 0 aliphatic heterocycles. The van der Waals surface area contributed by atoms with Crippen molar-refractivity contribution in [1.29, 1.82) is 0 Å². The van der Waals surface area contributed by atoms with Crippen LogP contribution in [0.5, 0.6) is 0 Å². The third-order valence-electron chi connectivity index (χ3n) is 2.36. The summed E-state index contributed by atoms with van der Waals surface area (Å²) in [5.74, 6) is 0.557. The van der Waals surface area contributed by atoms with Crippen LogP contribution in [0.3, 0.4) is 0 Å². The molecule has 0 unspecified atom stereocenters. The molecule has 4 heteroatoms. The van der Waals surface area contributed by atoms with Gasteiger partial charge in [0.2, 0.25) is 0 Å². The monoisotopic (exact) mass is 223 g/mol. The van der Waals surface area contributed by atoms with Gasteiger partial charge in [0.05, 0.1) is 17.5 Å². The number of imidazole rings is 1. The third-order valence-corrected chi connectivity index (χ3v) is 2.55. The molecular formula is C11H14ClN3. The Hall–Kier alpha value is -1.09. The molecular weight excluding hydrogens is 210 g/mol. The first-order chi connectivity index (χ1) is 7.08. The normalized spacial score (nSPS) is 11.5. The number of hydrogen-bond donors (Lipinski definition) is 0. The minimum Gasteiger partial charge on any atom is -0.334 e. The van der Waals surface area contributed by atoms with Crippen LogP contribution in [0, 0.1) is 5.92 Å². The molecule has 0 amide bonds. The smallest absolute Gasteiger partial charge is 0.131 e. The summed E-state index contributed by atoms with van der Waals surface area (Å²) in [4.78, 5) is 8.70. The minimum absolute atomic E-state index is 0.543. The number of rotatable bonds is 2. The van der Waals surface area contributed by atoms with Crippen molar-refractivity contribution in [2.24, 2.45) is 13.0 Å². The molecule has 2 aromatic rings. The van der Waals surface area contributed by atoms with Gasteiger partial charge < -0.3 is 4.57 Å². The second kappa shape index (κ2) is 3.81. The standard InChI is InChI=1S/C11H14ClN3/c1-7(2)4-8-11-9(5-10(12)14-8)15(3)6-13-11/h5-7H,4H2,1-3H3. The first kappa shape index (κ1) is 10.4. The molecule has 0 saturated carbocycles. The van der Waals surface area contributed by atoms with Crippen molar-refractivity contribution in [2.75, 3.05) is 0 Å². The van der Waals surface area contributed by atoms with E-state index in [2.05, 4.69) is 23.8 Å². The van der Waals surface area contributed by atoms with Gasteiger partial charge in [0.1, 0.15) is 10.7 Å². The summed E-state index contributed by atoms with van der Waals surface area (Å²) >= 11 is 5.98. The van der Waals surface area contributed by atoms with Crippen molar-refractivity contribution in [2.45, 2.75) is 20.3 Å². The molecule has 2 rings (SSSR count). The van der Waals surface area contributed by atoms with Crippen molar-refractivity contribution in [3.63, 3.8) is 0 Å². The summed E-state index contributed by atoms with van der Waals surface area (Å²) in [7, 11) is 1.96. The second-order valence-electron chi connectivity index (χ2n) is 4.21. The maximum absolute atomic E-state index is 5.98. The van der Waals surface area contributed by atoms with Crippen LogP contribution in [0.4, 0.5) is 0 Å². The van der Waals surface area contributed by atoms with E-state index >= 15 is 0 Å². The second-order valence-corrected chi connectivity index (χ2v) is 4.60. The third kappa shape index (κ3) is 1.97. The summed E-state index contributed by atoms with van der Waals surface area (Å²) in [6.45, 7) is 4.33. The lowest BCUT2D eigenvalue weighted by atomic mass is 10.1. The zero-order valence-corrected chi connectivity index (χ0v) is 9.91. The summed E-state index contributed by atoms with van der Waals surface area (Å²) < 4.78 is 1.96. The van der Waals surface area contributed by atoms with Gasteiger partial charge in [0.15, 0.2) is 0 Å². The molecule has 15 heavy (non-hydrogen) atoms. The quantitative estimate of drug-likeness (QED) is 0.733. The molecule has 0 saturated heterocycles. The van der Waals surface area contributed by atoms with Gasteiger partial charge in [-0.05, 0) is 12.3 Å². The van der Waals surface area contributed by atoms with Gasteiger partial charge in [-0.1, -0.05) is 25.4 Å². The number of fused-ring (bicyclic) bond motifs is 1.